The summed E-state index contributed by atoms with van der Waals surface area (Å²) in [6, 6.07) is 70.3. The van der Waals surface area contributed by atoms with Crippen LogP contribution >= 0.6 is 0 Å². The summed E-state index contributed by atoms with van der Waals surface area (Å²) in [4.78, 5) is 3.65. The van der Waals surface area contributed by atoms with E-state index in [4.69, 9.17) is 6.57 Å². The summed E-state index contributed by atoms with van der Waals surface area (Å²) in [5.74, 6) is 0. The number of hydrogen-bond acceptors (Lipinski definition) is 4. The molecule has 0 aliphatic heterocycles. The summed E-state index contributed by atoms with van der Waals surface area (Å²) in [5, 5.41) is 42.8. The van der Waals surface area contributed by atoms with Crippen LogP contribution in [0, 0.1) is 51.9 Å². The zero-order valence-corrected chi connectivity index (χ0v) is 39.9. The number of benzene rings is 10. The smallest absolute Gasteiger partial charge is 0.309 e. The van der Waals surface area contributed by atoms with Crippen LogP contribution in [0.2, 0.25) is 0 Å². The molecule has 0 unspecified atom stereocenters. The molecule has 12 aromatic rings. The molecule has 0 saturated carbocycles. The lowest BCUT2D eigenvalue weighted by molar-refractivity contribution is -0.137. The minimum atomic E-state index is -4.84. The quantitative estimate of drug-likeness (QED) is 0.148. The van der Waals surface area contributed by atoms with Gasteiger partial charge in [0.05, 0.1) is 92.1 Å². The number of nitriles is 4. The Balaban J connectivity index is 1.22. The molecule has 12 rings (SSSR count). The van der Waals surface area contributed by atoms with Crippen molar-refractivity contribution >= 4 is 49.3 Å². The van der Waals surface area contributed by atoms with E-state index < -0.39 is 11.7 Å². The molecule has 2 aromatic heterocycles. The van der Waals surface area contributed by atoms with Gasteiger partial charge in [-0.2, -0.15) is 34.2 Å². The first-order valence-corrected chi connectivity index (χ1v) is 24.0. The molecule has 0 atom stereocenters. The average molecular weight is 982 g/mol. The number of hydrogen-bond donors (Lipinski definition) is 0. The molecule has 0 bridgehead atoms. The highest BCUT2D eigenvalue weighted by Gasteiger charge is 2.34. The third-order valence-electron chi connectivity index (χ3n) is 14.0. The molecule has 0 fully saturated rings. The molecule has 0 N–H and O–H groups in total. The van der Waals surface area contributed by atoms with Gasteiger partial charge in [0, 0.05) is 27.1 Å². The second-order valence-electron chi connectivity index (χ2n) is 18.4. The molecular formula is C66H34F3N7. The lowest BCUT2D eigenvalue weighted by Crippen LogP contribution is -2.11. The van der Waals surface area contributed by atoms with Crippen molar-refractivity contribution < 1.29 is 13.2 Å². The van der Waals surface area contributed by atoms with E-state index in [0.717, 1.165) is 66.1 Å². The molecular weight excluding hydrogens is 948 g/mol. The Kier molecular flexibility index (Phi) is 11.1. The largest absolute Gasteiger partial charge is 0.416 e. The number of halogens is 3. The minimum absolute atomic E-state index is 0.200. The highest BCUT2D eigenvalue weighted by atomic mass is 19.4. The maximum Gasteiger partial charge on any atom is 0.416 e. The second kappa shape index (κ2) is 18.3. The van der Waals surface area contributed by atoms with Gasteiger partial charge >= 0.3 is 6.18 Å². The molecule has 76 heavy (non-hydrogen) atoms. The average Bonchev–Trinajstić information content (AvgIpc) is 4.01. The first-order chi connectivity index (χ1) is 37.0. The predicted octanol–water partition coefficient (Wildman–Crippen LogP) is 17.3. The first kappa shape index (κ1) is 46.1. The fourth-order valence-electron chi connectivity index (χ4n) is 10.5. The first-order valence-electron chi connectivity index (χ1n) is 24.0. The zero-order chi connectivity index (χ0) is 52.2. The second-order valence-corrected chi connectivity index (χ2v) is 18.4. The van der Waals surface area contributed by atoms with Gasteiger partial charge in [-0.3, -0.25) is 0 Å². The van der Waals surface area contributed by atoms with E-state index in [9.17, 15) is 21.0 Å². The molecule has 10 heteroatoms. The summed E-state index contributed by atoms with van der Waals surface area (Å²) in [7, 11) is 0. The molecule has 354 valence electrons. The summed E-state index contributed by atoms with van der Waals surface area (Å²) in [6.07, 6.45) is -4.84. The number of alkyl halides is 3. The lowest BCUT2D eigenvalue weighted by Gasteiger charge is -2.23. The lowest BCUT2D eigenvalue weighted by atomic mass is 9.96. The third kappa shape index (κ3) is 7.92. The number of nitrogens with zero attached hydrogens (tertiary/aromatic N) is 7. The Morgan fingerprint density at radius 3 is 0.987 bits per heavy atom. The van der Waals surface area contributed by atoms with E-state index in [1.165, 1.54) is 12.1 Å². The maximum atomic E-state index is 16.0. The van der Waals surface area contributed by atoms with Gasteiger partial charge in [0.25, 0.3) is 0 Å². The summed E-state index contributed by atoms with van der Waals surface area (Å²) >= 11 is 0. The van der Waals surface area contributed by atoms with Gasteiger partial charge in [-0.25, -0.2) is 4.85 Å². The van der Waals surface area contributed by atoms with Crippen molar-refractivity contribution in [2.75, 3.05) is 0 Å². The van der Waals surface area contributed by atoms with Crippen LogP contribution in [0.25, 0.3) is 115 Å². The van der Waals surface area contributed by atoms with E-state index in [2.05, 4.69) is 29.1 Å². The SMILES string of the molecule is [C-]#[N+]c1cccc(-c2ccc3c(c2)c2cc(-c4cccc(C#N)c4)ccc2n3-c2cc(C(F)(F)F)cc(-n3c4ccc(-c5cccc(C#N)c5)cc4c4cc(-c5cccc(C#N)c5)ccc43)c2-c2cccc(C#N)c2)c1. The van der Waals surface area contributed by atoms with Crippen LogP contribution in [0.1, 0.15) is 27.8 Å². The van der Waals surface area contributed by atoms with Gasteiger partial charge in [0.1, 0.15) is 0 Å². The van der Waals surface area contributed by atoms with Gasteiger partial charge in [-0.1, -0.05) is 91.0 Å². The fourth-order valence-corrected chi connectivity index (χ4v) is 10.5. The van der Waals surface area contributed by atoms with E-state index >= 15 is 13.2 Å². The number of fused-ring (bicyclic) bond motifs is 6. The Morgan fingerprint density at radius 2 is 0.658 bits per heavy atom. The van der Waals surface area contributed by atoms with Crippen LogP contribution in [0.5, 0.6) is 0 Å². The predicted molar refractivity (Wildman–Crippen MR) is 292 cm³/mol. The highest BCUT2D eigenvalue weighted by Crippen LogP contribution is 2.47. The van der Waals surface area contributed by atoms with Gasteiger partial charge in [0.15, 0.2) is 5.69 Å². The summed E-state index contributed by atoms with van der Waals surface area (Å²) in [6.45, 7) is 7.71. The topological polar surface area (TPSA) is 109 Å². The van der Waals surface area contributed by atoms with Crippen molar-refractivity contribution in [1.29, 1.82) is 21.0 Å². The van der Waals surface area contributed by atoms with E-state index in [0.29, 0.717) is 61.1 Å². The van der Waals surface area contributed by atoms with Gasteiger partial charge < -0.3 is 9.13 Å². The van der Waals surface area contributed by atoms with Crippen LogP contribution < -0.4 is 0 Å². The molecule has 0 amide bonds. The Hall–Kier alpha value is -11.0. The molecule has 0 radical (unpaired) electrons. The summed E-state index contributed by atoms with van der Waals surface area (Å²) in [5.41, 5.74) is 11.3. The van der Waals surface area contributed by atoms with Crippen LogP contribution in [0.3, 0.4) is 0 Å². The van der Waals surface area contributed by atoms with E-state index in [1.54, 1.807) is 66.7 Å². The highest BCUT2D eigenvalue weighted by molar-refractivity contribution is 6.14. The third-order valence-corrected chi connectivity index (χ3v) is 14.0. The normalized spacial score (nSPS) is 11.3. The molecule has 0 aliphatic carbocycles. The van der Waals surface area contributed by atoms with Crippen molar-refractivity contribution in [2.45, 2.75) is 6.18 Å². The Bertz CT molecular complexity index is 4170. The summed E-state index contributed by atoms with van der Waals surface area (Å²) < 4.78 is 51.7. The minimum Gasteiger partial charge on any atom is -0.309 e. The monoisotopic (exact) mass is 981 g/mol. The molecule has 7 nitrogen and oxygen atoms in total. The van der Waals surface area contributed by atoms with Gasteiger partial charge in [0.2, 0.25) is 0 Å². The van der Waals surface area contributed by atoms with Gasteiger partial charge in [-0.15, -0.1) is 0 Å². The van der Waals surface area contributed by atoms with Crippen molar-refractivity contribution in [1.82, 2.24) is 9.13 Å². The molecule has 0 spiro atoms. The van der Waals surface area contributed by atoms with Crippen LogP contribution in [0.15, 0.2) is 206 Å². The van der Waals surface area contributed by atoms with Crippen molar-refractivity contribution in [3.05, 3.63) is 245 Å². The number of aromatic nitrogens is 2. The van der Waals surface area contributed by atoms with Crippen molar-refractivity contribution in [2.24, 2.45) is 0 Å². The van der Waals surface area contributed by atoms with Crippen molar-refractivity contribution in [3.8, 4) is 91.3 Å². The van der Waals surface area contributed by atoms with Crippen molar-refractivity contribution in [3.63, 3.8) is 0 Å². The fraction of sp³-hybridized carbons (Fsp3) is 0.0152. The Labute approximate surface area is 433 Å². The van der Waals surface area contributed by atoms with Crippen LogP contribution in [-0.2, 0) is 6.18 Å². The maximum absolute atomic E-state index is 16.0. The standard InChI is InChI=1S/C66H34F3N7/c1-74-54-16-6-14-47(29-54)51-20-24-62-58(33-51)57-32-50(46-13-4-9-42(27-46)38-72)19-23-61(57)76(62)64-35-53(66(67,68)69)34-63(65(64)52-15-5-10-43(28-52)39-73)75-59-21-17-48(44-11-2-7-40(25-44)36-70)30-55(59)56-31-49(18-22-60(56)75)45-12-3-8-41(26-45)37-71/h2-35H. The zero-order valence-electron chi connectivity index (χ0n) is 39.9. The van der Waals surface area contributed by atoms with E-state index in [1.807, 2.05) is 137 Å². The van der Waals surface area contributed by atoms with E-state index in [-0.39, 0.29) is 11.4 Å². The molecule has 2 heterocycles. The Morgan fingerprint density at radius 1 is 0.355 bits per heavy atom. The van der Waals surface area contributed by atoms with Gasteiger partial charge in [-0.05, 0) is 165 Å². The van der Waals surface area contributed by atoms with Crippen LogP contribution in [0.4, 0.5) is 18.9 Å². The molecule has 0 saturated heterocycles. The number of rotatable bonds is 7. The van der Waals surface area contributed by atoms with Crippen LogP contribution in [-0.4, -0.2) is 9.13 Å². The molecule has 0 aliphatic rings. The molecule has 10 aromatic carbocycles.